The third-order valence-corrected chi connectivity index (χ3v) is 7.86. The number of rotatable bonds is 9. The average Bonchev–Trinajstić information content (AvgIpc) is 3.60. The molecule has 0 atom stereocenters. The van der Waals surface area contributed by atoms with Crippen LogP contribution in [0.5, 0.6) is 0 Å². The van der Waals surface area contributed by atoms with E-state index in [1.807, 2.05) is 24.5 Å². The van der Waals surface area contributed by atoms with Gasteiger partial charge in [-0.1, -0.05) is 49.1 Å². The summed E-state index contributed by atoms with van der Waals surface area (Å²) in [7, 11) is 2.18. The molecule has 1 aliphatic rings. The summed E-state index contributed by atoms with van der Waals surface area (Å²) in [5, 5.41) is 12.6. The molecule has 7 heteroatoms. The lowest BCUT2D eigenvalue weighted by Crippen LogP contribution is -2.43. The van der Waals surface area contributed by atoms with Crippen LogP contribution in [0.4, 0.5) is 0 Å². The van der Waals surface area contributed by atoms with E-state index in [1.54, 1.807) is 0 Å². The molecule has 5 aromatic rings. The molecule has 4 heterocycles. The highest BCUT2D eigenvalue weighted by Gasteiger charge is 2.21. The van der Waals surface area contributed by atoms with E-state index in [0.29, 0.717) is 0 Å². The van der Waals surface area contributed by atoms with Crippen molar-refractivity contribution in [1.82, 2.24) is 35.3 Å². The fourth-order valence-corrected chi connectivity index (χ4v) is 5.56. The number of H-pyrrole nitrogens is 2. The first-order chi connectivity index (χ1) is 20.1. The Morgan fingerprint density at radius 1 is 0.951 bits per heavy atom. The first-order valence-electron chi connectivity index (χ1n) is 14.2. The predicted octanol–water partition coefficient (Wildman–Crippen LogP) is 5.99. The van der Waals surface area contributed by atoms with Gasteiger partial charge in [-0.25, -0.2) is 0 Å². The van der Waals surface area contributed by atoms with Gasteiger partial charge in [-0.05, 0) is 61.0 Å². The highest BCUT2D eigenvalue weighted by Crippen LogP contribution is 2.33. The summed E-state index contributed by atoms with van der Waals surface area (Å²) >= 11 is 0. The monoisotopic (exact) mass is 543 g/mol. The fraction of sp³-hybridized carbons (Fsp3) is 0.235. The minimum atomic E-state index is 0.757. The van der Waals surface area contributed by atoms with Crippen LogP contribution in [0.3, 0.4) is 0 Å². The normalized spacial score (nSPS) is 14.6. The van der Waals surface area contributed by atoms with Crippen LogP contribution in [0.1, 0.15) is 22.4 Å². The first-order valence-corrected chi connectivity index (χ1v) is 14.2. The van der Waals surface area contributed by atoms with Crippen molar-refractivity contribution in [2.45, 2.75) is 20.0 Å². The molecule has 3 aromatic heterocycles. The summed E-state index contributed by atoms with van der Waals surface area (Å²) in [5.74, 6) is 0. The number of piperazine rings is 1. The van der Waals surface area contributed by atoms with Crippen molar-refractivity contribution in [2.24, 2.45) is 0 Å². The van der Waals surface area contributed by atoms with Crippen molar-refractivity contribution in [3.05, 3.63) is 114 Å². The van der Waals surface area contributed by atoms with Crippen LogP contribution in [-0.2, 0) is 13.1 Å². The number of hydrogen-bond donors (Lipinski definition) is 3. The van der Waals surface area contributed by atoms with E-state index >= 15 is 0 Å². The Morgan fingerprint density at radius 2 is 1.76 bits per heavy atom. The number of nitrogens with one attached hydrogen (secondary N) is 3. The van der Waals surface area contributed by atoms with Crippen LogP contribution in [0.25, 0.3) is 39.1 Å². The topological polar surface area (TPSA) is 75.9 Å². The molecule has 7 nitrogen and oxygen atoms in total. The Labute approximate surface area is 241 Å². The standard InChI is InChI=1S/C34H37N7/c1-4-8-33(41-15-13-40(3)14-16-41)29-19-32(37-24(29)2)34-30-18-27(11-12-31(30)38-39-34)28-17-26(22-36-23-28)21-35-20-25-9-6-5-7-10-25/h4-12,17-19,22-23,35,37H,1,13-16,20-21H2,2-3H3,(H,38,39)/b33-8+. The van der Waals surface area contributed by atoms with E-state index in [9.17, 15) is 0 Å². The second-order valence-electron chi connectivity index (χ2n) is 10.8. The summed E-state index contributed by atoms with van der Waals surface area (Å²) < 4.78 is 0. The van der Waals surface area contributed by atoms with E-state index in [4.69, 9.17) is 5.10 Å². The van der Waals surface area contributed by atoms with Gasteiger partial charge < -0.3 is 20.1 Å². The molecule has 0 spiro atoms. The Hall–Kier alpha value is -4.46. The molecule has 0 radical (unpaired) electrons. The largest absolute Gasteiger partial charge is 0.368 e. The van der Waals surface area contributed by atoms with Gasteiger partial charge in [0.2, 0.25) is 0 Å². The second-order valence-corrected chi connectivity index (χ2v) is 10.8. The molecule has 208 valence electrons. The average molecular weight is 544 g/mol. The third-order valence-electron chi connectivity index (χ3n) is 7.86. The number of likely N-dealkylation sites (N-methyl/N-ethyl adjacent to an activating group) is 1. The molecule has 3 N–H and O–H groups in total. The number of hydrogen-bond acceptors (Lipinski definition) is 5. The molecule has 1 aliphatic heterocycles. The summed E-state index contributed by atoms with van der Waals surface area (Å²) in [6.07, 6.45) is 7.87. The van der Waals surface area contributed by atoms with Gasteiger partial charge in [0.1, 0.15) is 5.69 Å². The fourth-order valence-electron chi connectivity index (χ4n) is 5.56. The number of pyridine rings is 1. The van der Waals surface area contributed by atoms with Crippen LogP contribution in [0.15, 0.2) is 91.8 Å². The highest BCUT2D eigenvalue weighted by molar-refractivity contribution is 5.95. The third kappa shape index (κ3) is 5.87. The zero-order chi connectivity index (χ0) is 28.2. The van der Waals surface area contributed by atoms with E-state index in [-0.39, 0.29) is 0 Å². The van der Waals surface area contributed by atoms with Gasteiger partial charge in [0.15, 0.2) is 0 Å². The van der Waals surface area contributed by atoms with Crippen LogP contribution >= 0.6 is 0 Å². The molecule has 1 fully saturated rings. The molecule has 0 amide bonds. The maximum Gasteiger partial charge on any atom is 0.116 e. The van der Waals surface area contributed by atoms with Gasteiger partial charge in [-0.2, -0.15) is 5.10 Å². The minimum absolute atomic E-state index is 0.757. The van der Waals surface area contributed by atoms with E-state index < -0.39 is 0 Å². The van der Waals surface area contributed by atoms with E-state index in [2.05, 4.69) is 111 Å². The van der Waals surface area contributed by atoms with Crippen molar-refractivity contribution in [2.75, 3.05) is 33.2 Å². The van der Waals surface area contributed by atoms with Crippen LogP contribution in [0, 0.1) is 6.92 Å². The van der Waals surface area contributed by atoms with Gasteiger partial charge in [-0.15, -0.1) is 0 Å². The molecular formula is C34H37N7. The Kier molecular flexibility index (Phi) is 7.80. The van der Waals surface area contributed by atoms with Crippen molar-refractivity contribution >= 4 is 16.6 Å². The highest BCUT2D eigenvalue weighted by atomic mass is 15.3. The summed E-state index contributed by atoms with van der Waals surface area (Å²) in [4.78, 5) is 13.0. The molecule has 2 aromatic carbocycles. The van der Waals surface area contributed by atoms with Crippen molar-refractivity contribution < 1.29 is 0 Å². The summed E-state index contributed by atoms with van der Waals surface area (Å²) in [6.45, 7) is 11.8. The number of benzene rings is 2. The van der Waals surface area contributed by atoms with Crippen molar-refractivity contribution in [3.8, 4) is 22.5 Å². The zero-order valence-electron chi connectivity index (χ0n) is 23.8. The number of aromatic nitrogens is 4. The van der Waals surface area contributed by atoms with Crippen LogP contribution < -0.4 is 5.32 Å². The van der Waals surface area contributed by atoms with Crippen molar-refractivity contribution in [3.63, 3.8) is 0 Å². The molecule has 0 bridgehead atoms. The van der Waals surface area contributed by atoms with E-state index in [1.165, 1.54) is 16.8 Å². The van der Waals surface area contributed by atoms with Gasteiger partial charge in [0, 0.05) is 79.6 Å². The van der Waals surface area contributed by atoms with Crippen LogP contribution in [-0.4, -0.2) is 63.2 Å². The SMILES string of the molecule is C=C/C=C(\c1cc(-c2n[nH]c3ccc(-c4cncc(CNCc5ccccc5)c4)cc23)[nH]c1C)N1CCN(C)CC1. The maximum atomic E-state index is 4.73. The molecule has 41 heavy (non-hydrogen) atoms. The molecule has 6 rings (SSSR count). The Bertz CT molecular complexity index is 1670. The lowest BCUT2D eigenvalue weighted by atomic mass is 10.0. The number of aromatic amines is 2. The quantitative estimate of drug-likeness (QED) is 0.199. The minimum Gasteiger partial charge on any atom is -0.368 e. The molecule has 1 saturated heterocycles. The van der Waals surface area contributed by atoms with Gasteiger partial charge in [0.25, 0.3) is 0 Å². The lowest BCUT2D eigenvalue weighted by Gasteiger charge is -2.35. The molecule has 0 aliphatic carbocycles. The number of allylic oxidation sites excluding steroid dienone is 2. The lowest BCUT2D eigenvalue weighted by molar-refractivity contribution is 0.207. The zero-order valence-corrected chi connectivity index (χ0v) is 23.8. The Morgan fingerprint density at radius 3 is 2.56 bits per heavy atom. The number of fused-ring (bicyclic) bond motifs is 1. The van der Waals surface area contributed by atoms with Gasteiger partial charge in [0.05, 0.1) is 11.2 Å². The van der Waals surface area contributed by atoms with Gasteiger partial charge in [-0.3, -0.25) is 10.1 Å². The summed E-state index contributed by atoms with van der Waals surface area (Å²) in [5.41, 5.74) is 11.1. The predicted molar refractivity (Wildman–Crippen MR) is 168 cm³/mol. The first kappa shape index (κ1) is 26.7. The molecule has 0 saturated carbocycles. The maximum absolute atomic E-state index is 4.73. The Balaban J connectivity index is 1.26. The molecule has 0 unspecified atom stereocenters. The number of aryl methyl sites for hydroxylation is 1. The van der Waals surface area contributed by atoms with Crippen molar-refractivity contribution in [1.29, 1.82) is 0 Å². The molecular weight excluding hydrogens is 506 g/mol. The second kappa shape index (κ2) is 12.0. The number of nitrogens with zero attached hydrogens (tertiary/aromatic N) is 4. The van der Waals surface area contributed by atoms with Gasteiger partial charge >= 0.3 is 0 Å². The summed E-state index contributed by atoms with van der Waals surface area (Å²) in [6, 6.07) is 21.3. The smallest absolute Gasteiger partial charge is 0.116 e. The van der Waals surface area contributed by atoms with Crippen LogP contribution in [0.2, 0.25) is 0 Å². The van der Waals surface area contributed by atoms with E-state index in [0.717, 1.165) is 83.9 Å².